The van der Waals surface area contributed by atoms with Gasteiger partial charge in [-0.05, 0) is 11.5 Å². The molecule has 4 heteroatoms. The van der Waals surface area contributed by atoms with E-state index in [4.69, 9.17) is 9.47 Å². The van der Waals surface area contributed by atoms with E-state index in [1.807, 2.05) is 42.5 Å². The molecule has 4 nitrogen and oxygen atoms in total. The number of esters is 1. The van der Waals surface area contributed by atoms with Crippen LogP contribution in [-0.2, 0) is 9.53 Å². The van der Waals surface area contributed by atoms with E-state index in [0.29, 0.717) is 5.75 Å². The molecule has 0 saturated carbocycles. The summed E-state index contributed by atoms with van der Waals surface area (Å²) in [5.74, 6) is 0.113. The molecule has 0 fully saturated rings. The highest BCUT2D eigenvalue weighted by Crippen LogP contribution is 2.25. The van der Waals surface area contributed by atoms with Crippen molar-refractivity contribution in [2.75, 3.05) is 13.2 Å². The van der Waals surface area contributed by atoms with Crippen molar-refractivity contribution >= 4 is 16.7 Å². The zero-order chi connectivity index (χ0) is 14.4. The summed E-state index contributed by atoms with van der Waals surface area (Å²) in [7, 11) is 0. The average molecular weight is 272 g/mol. The standard InChI is InChI=1S/C16H16O4/c1-2-16(18)20-13(10-17)11-19-15-9-5-7-12-6-3-4-8-14(12)15/h2-9,13,17H,1,10-11H2. The van der Waals surface area contributed by atoms with Crippen molar-refractivity contribution in [3.63, 3.8) is 0 Å². The molecule has 1 N–H and O–H groups in total. The van der Waals surface area contributed by atoms with E-state index >= 15 is 0 Å². The predicted octanol–water partition coefficient (Wildman–Crippen LogP) is 2.31. The Morgan fingerprint density at radius 1 is 1.25 bits per heavy atom. The summed E-state index contributed by atoms with van der Waals surface area (Å²) >= 11 is 0. The second-order valence-electron chi connectivity index (χ2n) is 4.23. The van der Waals surface area contributed by atoms with Crippen LogP contribution in [0.25, 0.3) is 10.8 Å². The molecule has 20 heavy (non-hydrogen) atoms. The molecule has 2 aromatic rings. The predicted molar refractivity (Wildman–Crippen MR) is 76.6 cm³/mol. The second kappa shape index (κ2) is 6.73. The molecule has 0 heterocycles. The molecule has 2 aromatic carbocycles. The molecule has 0 radical (unpaired) electrons. The molecular weight excluding hydrogens is 256 g/mol. The smallest absolute Gasteiger partial charge is 0.330 e. The summed E-state index contributed by atoms with van der Waals surface area (Å²) in [6.45, 7) is 3.10. The zero-order valence-electron chi connectivity index (χ0n) is 11.0. The first-order valence-corrected chi connectivity index (χ1v) is 6.29. The van der Waals surface area contributed by atoms with E-state index < -0.39 is 12.1 Å². The van der Waals surface area contributed by atoms with E-state index in [-0.39, 0.29) is 13.2 Å². The Kier molecular flexibility index (Phi) is 4.74. The monoisotopic (exact) mass is 272 g/mol. The fourth-order valence-electron chi connectivity index (χ4n) is 1.84. The van der Waals surface area contributed by atoms with Gasteiger partial charge in [0.15, 0.2) is 6.10 Å². The Labute approximate surface area is 117 Å². The van der Waals surface area contributed by atoms with Crippen molar-refractivity contribution in [1.29, 1.82) is 0 Å². The molecule has 0 amide bonds. The highest BCUT2D eigenvalue weighted by Gasteiger charge is 2.13. The third-order valence-corrected chi connectivity index (χ3v) is 2.83. The molecule has 0 aromatic heterocycles. The number of carbonyl (C=O) groups is 1. The third-order valence-electron chi connectivity index (χ3n) is 2.83. The average Bonchev–Trinajstić information content (AvgIpc) is 2.51. The molecule has 1 atom stereocenters. The Bertz CT molecular complexity index is 601. The van der Waals surface area contributed by atoms with Crippen LogP contribution in [0.15, 0.2) is 55.1 Å². The van der Waals surface area contributed by atoms with Crippen LogP contribution in [0.3, 0.4) is 0 Å². The first-order valence-electron chi connectivity index (χ1n) is 6.29. The number of aliphatic hydroxyl groups is 1. The number of hydrogen-bond acceptors (Lipinski definition) is 4. The van der Waals surface area contributed by atoms with Crippen molar-refractivity contribution in [2.24, 2.45) is 0 Å². The highest BCUT2D eigenvalue weighted by molar-refractivity contribution is 5.88. The topological polar surface area (TPSA) is 55.8 Å². The van der Waals surface area contributed by atoms with Crippen molar-refractivity contribution in [3.8, 4) is 5.75 Å². The lowest BCUT2D eigenvalue weighted by molar-refractivity contribution is -0.146. The molecule has 1 unspecified atom stereocenters. The van der Waals surface area contributed by atoms with Gasteiger partial charge < -0.3 is 14.6 Å². The van der Waals surface area contributed by atoms with Crippen molar-refractivity contribution < 1.29 is 19.4 Å². The molecular formula is C16H16O4. The molecule has 0 aliphatic heterocycles. The van der Waals surface area contributed by atoms with Gasteiger partial charge in [-0.15, -0.1) is 0 Å². The third kappa shape index (κ3) is 3.36. The summed E-state index contributed by atoms with van der Waals surface area (Å²) in [5.41, 5.74) is 0. The van der Waals surface area contributed by atoms with Gasteiger partial charge in [-0.2, -0.15) is 0 Å². The number of aliphatic hydroxyl groups excluding tert-OH is 1. The number of hydrogen-bond donors (Lipinski definition) is 1. The SMILES string of the molecule is C=CC(=O)OC(CO)COc1cccc2ccccc12. The van der Waals surface area contributed by atoms with Crippen LogP contribution in [0.1, 0.15) is 0 Å². The van der Waals surface area contributed by atoms with Crippen LogP contribution in [0.2, 0.25) is 0 Å². The highest BCUT2D eigenvalue weighted by atomic mass is 16.6. The number of fused-ring (bicyclic) bond motifs is 1. The Morgan fingerprint density at radius 3 is 2.75 bits per heavy atom. The fourth-order valence-corrected chi connectivity index (χ4v) is 1.84. The number of carbonyl (C=O) groups excluding carboxylic acids is 1. The largest absolute Gasteiger partial charge is 0.489 e. The van der Waals surface area contributed by atoms with Crippen LogP contribution in [0.4, 0.5) is 0 Å². The van der Waals surface area contributed by atoms with Gasteiger partial charge in [0.1, 0.15) is 12.4 Å². The number of benzene rings is 2. The lowest BCUT2D eigenvalue weighted by Crippen LogP contribution is -2.27. The van der Waals surface area contributed by atoms with Crippen LogP contribution in [0.5, 0.6) is 5.75 Å². The van der Waals surface area contributed by atoms with Gasteiger partial charge in [-0.25, -0.2) is 4.79 Å². The molecule has 2 rings (SSSR count). The minimum Gasteiger partial charge on any atom is -0.489 e. The Balaban J connectivity index is 2.08. The maximum absolute atomic E-state index is 11.1. The van der Waals surface area contributed by atoms with Crippen molar-refractivity contribution in [1.82, 2.24) is 0 Å². The molecule has 0 aliphatic carbocycles. The summed E-state index contributed by atoms with van der Waals surface area (Å²) in [5, 5.41) is 11.2. The van der Waals surface area contributed by atoms with Crippen molar-refractivity contribution in [2.45, 2.75) is 6.10 Å². The molecule has 0 spiro atoms. The van der Waals surface area contributed by atoms with Crippen LogP contribution in [0, 0.1) is 0 Å². The van der Waals surface area contributed by atoms with Gasteiger partial charge in [-0.3, -0.25) is 0 Å². The van der Waals surface area contributed by atoms with Crippen LogP contribution >= 0.6 is 0 Å². The first kappa shape index (κ1) is 14.1. The van der Waals surface area contributed by atoms with E-state index in [0.717, 1.165) is 16.8 Å². The second-order valence-corrected chi connectivity index (χ2v) is 4.23. The van der Waals surface area contributed by atoms with Gasteiger partial charge in [0.05, 0.1) is 6.61 Å². The normalized spacial score (nSPS) is 11.8. The van der Waals surface area contributed by atoms with E-state index in [1.54, 1.807) is 0 Å². The maximum atomic E-state index is 11.1. The summed E-state index contributed by atoms with van der Waals surface area (Å²) in [6, 6.07) is 13.5. The van der Waals surface area contributed by atoms with Crippen LogP contribution in [-0.4, -0.2) is 30.4 Å². The van der Waals surface area contributed by atoms with Gasteiger partial charge in [0.2, 0.25) is 0 Å². The zero-order valence-corrected chi connectivity index (χ0v) is 11.0. The first-order chi connectivity index (χ1) is 9.74. The quantitative estimate of drug-likeness (QED) is 0.647. The fraction of sp³-hybridized carbons (Fsp3) is 0.188. The number of rotatable bonds is 6. The van der Waals surface area contributed by atoms with Crippen molar-refractivity contribution in [3.05, 3.63) is 55.1 Å². The van der Waals surface area contributed by atoms with Gasteiger partial charge in [0, 0.05) is 11.5 Å². The van der Waals surface area contributed by atoms with Gasteiger partial charge in [-0.1, -0.05) is 43.0 Å². The lowest BCUT2D eigenvalue weighted by Gasteiger charge is -2.16. The van der Waals surface area contributed by atoms with Gasteiger partial charge in [0.25, 0.3) is 0 Å². The Hall–Kier alpha value is -2.33. The van der Waals surface area contributed by atoms with Crippen LogP contribution < -0.4 is 4.74 Å². The molecule has 0 aliphatic rings. The molecule has 0 bridgehead atoms. The molecule has 104 valence electrons. The van der Waals surface area contributed by atoms with Gasteiger partial charge >= 0.3 is 5.97 Å². The summed E-state index contributed by atoms with van der Waals surface area (Å²) in [6.07, 6.45) is 0.347. The van der Waals surface area contributed by atoms with E-state index in [1.165, 1.54) is 0 Å². The number of ether oxygens (including phenoxy) is 2. The lowest BCUT2D eigenvalue weighted by atomic mass is 10.1. The Morgan fingerprint density at radius 2 is 2.00 bits per heavy atom. The van der Waals surface area contributed by atoms with E-state index in [9.17, 15) is 9.90 Å². The molecule has 0 saturated heterocycles. The summed E-state index contributed by atoms with van der Waals surface area (Å²) in [4.78, 5) is 11.1. The minimum atomic E-state index is -0.709. The maximum Gasteiger partial charge on any atom is 0.330 e. The minimum absolute atomic E-state index is 0.0874. The summed E-state index contributed by atoms with van der Waals surface area (Å²) < 4.78 is 10.6. The van der Waals surface area contributed by atoms with E-state index in [2.05, 4.69) is 6.58 Å².